The smallest absolute Gasteiger partial charge is 0.175 e. The molecule has 2 aromatic rings. The van der Waals surface area contributed by atoms with Crippen molar-refractivity contribution in [1.29, 1.82) is 0 Å². The summed E-state index contributed by atoms with van der Waals surface area (Å²) in [5, 5.41) is 4.13. The summed E-state index contributed by atoms with van der Waals surface area (Å²) in [5.41, 5.74) is 7.65. The van der Waals surface area contributed by atoms with Crippen LogP contribution in [0.15, 0.2) is 22.8 Å². The van der Waals surface area contributed by atoms with Crippen molar-refractivity contribution in [2.24, 2.45) is 7.05 Å². The van der Waals surface area contributed by atoms with Gasteiger partial charge < -0.3 is 15.2 Å². The molecule has 0 atom stereocenters. The van der Waals surface area contributed by atoms with Crippen LogP contribution in [0.1, 0.15) is 0 Å². The van der Waals surface area contributed by atoms with Gasteiger partial charge in [-0.15, -0.1) is 0 Å². The van der Waals surface area contributed by atoms with E-state index >= 15 is 0 Å². The van der Waals surface area contributed by atoms with Crippen molar-refractivity contribution in [1.82, 2.24) is 9.78 Å². The van der Waals surface area contributed by atoms with Crippen molar-refractivity contribution in [3.8, 4) is 22.6 Å². The minimum Gasteiger partial charge on any atom is -0.492 e. The molecule has 6 heteroatoms. The molecule has 1 aromatic heterocycles. The van der Waals surface area contributed by atoms with Crippen molar-refractivity contribution in [3.05, 3.63) is 22.8 Å². The van der Waals surface area contributed by atoms with E-state index in [0.717, 1.165) is 15.6 Å². The number of methoxy groups -OCH3 is 2. The number of halogens is 1. The van der Waals surface area contributed by atoms with Gasteiger partial charge in [0.1, 0.15) is 5.82 Å². The molecule has 18 heavy (non-hydrogen) atoms. The van der Waals surface area contributed by atoms with Crippen LogP contribution in [-0.4, -0.2) is 24.0 Å². The zero-order valence-electron chi connectivity index (χ0n) is 10.4. The monoisotopic (exact) mass is 311 g/mol. The van der Waals surface area contributed by atoms with Crippen LogP contribution in [0.4, 0.5) is 5.82 Å². The molecule has 0 saturated carbocycles. The molecule has 0 unspecified atom stereocenters. The lowest BCUT2D eigenvalue weighted by atomic mass is 10.1. The van der Waals surface area contributed by atoms with Crippen LogP contribution in [0.3, 0.4) is 0 Å². The number of hydrogen-bond donors (Lipinski definition) is 1. The van der Waals surface area contributed by atoms with Crippen LogP contribution in [0.2, 0.25) is 0 Å². The van der Waals surface area contributed by atoms with Crippen LogP contribution >= 0.6 is 15.9 Å². The van der Waals surface area contributed by atoms with E-state index in [1.165, 1.54) is 0 Å². The number of nitrogens with two attached hydrogens (primary N) is 1. The highest BCUT2D eigenvalue weighted by Gasteiger charge is 2.18. The number of hydrogen-bond acceptors (Lipinski definition) is 4. The molecule has 0 saturated heterocycles. The second-order valence-electron chi connectivity index (χ2n) is 3.73. The third-order valence-electron chi connectivity index (χ3n) is 2.75. The van der Waals surface area contributed by atoms with E-state index in [0.29, 0.717) is 17.3 Å². The van der Waals surface area contributed by atoms with E-state index in [1.54, 1.807) is 32.1 Å². The molecule has 2 N–H and O–H groups in total. The highest BCUT2D eigenvalue weighted by Crippen LogP contribution is 2.43. The highest BCUT2D eigenvalue weighted by atomic mass is 79.9. The first-order valence-electron chi connectivity index (χ1n) is 5.28. The van der Waals surface area contributed by atoms with Gasteiger partial charge in [-0.05, 0) is 28.1 Å². The molecule has 0 fully saturated rings. The van der Waals surface area contributed by atoms with Gasteiger partial charge in [-0.25, -0.2) is 0 Å². The number of benzene rings is 1. The Morgan fingerprint density at radius 3 is 2.33 bits per heavy atom. The SMILES string of the molecule is COc1c(Br)ccc(-c2cnn(C)c2N)c1OC. The molecule has 0 aliphatic heterocycles. The second kappa shape index (κ2) is 4.89. The van der Waals surface area contributed by atoms with Crippen LogP contribution < -0.4 is 15.2 Å². The van der Waals surface area contributed by atoms with Gasteiger partial charge in [0, 0.05) is 18.2 Å². The van der Waals surface area contributed by atoms with Crippen molar-refractivity contribution in [2.45, 2.75) is 0 Å². The molecule has 0 aliphatic carbocycles. The van der Waals surface area contributed by atoms with Crippen molar-refractivity contribution in [2.75, 3.05) is 20.0 Å². The third-order valence-corrected chi connectivity index (χ3v) is 3.37. The Morgan fingerprint density at radius 2 is 1.83 bits per heavy atom. The number of ether oxygens (including phenoxy) is 2. The number of aryl methyl sites for hydroxylation is 1. The summed E-state index contributed by atoms with van der Waals surface area (Å²) in [6.07, 6.45) is 1.71. The zero-order valence-corrected chi connectivity index (χ0v) is 12.0. The number of aromatic nitrogens is 2. The molecule has 0 aliphatic rings. The van der Waals surface area contributed by atoms with Crippen molar-refractivity contribution in [3.63, 3.8) is 0 Å². The molecule has 0 spiro atoms. The Hall–Kier alpha value is -1.69. The van der Waals surface area contributed by atoms with Crippen LogP contribution in [0, 0.1) is 0 Å². The van der Waals surface area contributed by atoms with Crippen molar-refractivity contribution >= 4 is 21.7 Å². The molecule has 0 radical (unpaired) electrons. The number of nitrogens with zero attached hydrogens (tertiary/aromatic N) is 2. The lowest BCUT2D eigenvalue weighted by molar-refractivity contribution is 0.354. The predicted molar refractivity (Wildman–Crippen MR) is 73.9 cm³/mol. The summed E-state index contributed by atoms with van der Waals surface area (Å²) >= 11 is 3.42. The van der Waals surface area contributed by atoms with Gasteiger partial charge in [-0.2, -0.15) is 5.10 Å². The Bertz CT molecular complexity index is 581. The minimum atomic E-state index is 0.581. The molecular weight excluding hydrogens is 298 g/mol. The van der Waals surface area contributed by atoms with Gasteiger partial charge in [0.25, 0.3) is 0 Å². The average molecular weight is 312 g/mol. The molecule has 0 amide bonds. The Kier molecular flexibility index (Phi) is 3.47. The molecule has 0 bridgehead atoms. The highest BCUT2D eigenvalue weighted by molar-refractivity contribution is 9.10. The van der Waals surface area contributed by atoms with Gasteiger partial charge in [0.15, 0.2) is 11.5 Å². The van der Waals surface area contributed by atoms with Gasteiger partial charge >= 0.3 is 0 Å². The predicted octanol–water partition coefficient (Wildman–Crippen LogP) is 2.45. The maximum atomic E-state index is 5.98. The standard InChI is InChI=1S/C12H14BrN3O2/c1-16-12(14)8(6-15-16)7-4-5-9(13)11(18-3)10(7)17-2/h4-6H,14H2,1-3H3. The van der Waals surface area contributed by atoms with E-state index in [9.17, 15) is 0 Å². The fraction of sp³-hybridized carbons (Fsp3) is 0.250. The van der Waals surface area contributed by atoms with Gasteiger partial charge in [0.05, 0.1) is 24.9 Å². The third kappa shape index (κ3) is 1.92. The lowest BCUT2D eigenvalue weighted by Crippen LogP contribution is -1.99. The summed E-state index contributed by atoms with van der Waals surface area (Å²) in [5.74, 6) is 1.85. The zero-order chi connectivity index (χ0) is 13.3. The first-order valence-corrected chi connectivity index (χ1v) is 6.07. The molecule has 96 valence electrons. The number of anilines is 1. The lowest BCUT2D eigenvalue weighted by Gasteiger charge is -2.13. The van der Waals surface area contributed by atoms with E-state index in [-0.39, 0.29) is 0 Å². The Balaban J connectivity index is 2.68. The quantitative estimate of drug-likeness (QED) is 0.945. The first kappa shape index (κ1) is 12.8. The second-order valence-corrected chi connectivity index (χ2v) is 4.58. The van der Waals surface area contributed by atoms with Crippen molar-refractivity contribution < 1.29 is 9.47 Å². The van der Waals surface area contributed by atoms with Gasteiger partial charge in [-0.1, -0.05) is 0 Å². The topological polar surface area (TPSA) is 62.3 Å². The largest absolute Gasteiger partial charge is 0.492 e. The van der Waals surface area contributed by atoms with Crippen LogP contribution in [-0.2, 0) is 7.05 Å². The van der Waals surface area contributed by atoms with Gasteiger partial charge in [0.2, 0.25) is 0 Å². The maximum Gasteiger partial charge on any atom is 0.175 e. The molecule has 1 aromatic carbocycles. The summed E-state index contributed by atoms with van der Waals surface area (Å²) < 4.78 is 13.2. The molecule has 1 heterocycles. The number of nitrogen functional groups attached to an aromatic ring is 1. The summed E-state index contributed by atoms with van der Waals surface area (Å²) in [4.78, 5) is 0. The fourth-order valence-corrected chi connectivity index (χ4v) is 2.27. The summed E-state index contributed by atoms with van der Waals surface area (Å²) in [7, 11) is 4.99. The minimum absolute atomic E-state index is 0.581. The van der Waals surface area contributed by atoms with Gasteiger partial charge in [-0.3, -0.25) is 4.68 Å². The summed E-state index contributed by atoms with van der Waals surface area (Å²) in [6, 6.07) is 3.81. The van der Waals surface area contributed by atoms with E-state index in [1.807, 2.05) is 12.1 Å². The number of rotatable bonds is 3. The molecule has 2 rings (SSSR count). The average Bonchev–Trinajstić information content (AvgIpc) is 2.69. The fourth-order valence-electron chi connectivity index (χ4n) is 1.80. The van der Waals surface area contributed by atoms with E-state index in [2.05, 4.69) is 21.0 Å². The summed E-state index contributed by atoms with van der Waals surface area (Å²) in [6.45, 7) is 0. The molecule has 5 nitrogen and oxygen atoms in total. The Labute approximate surface area is 114 Å². The van der Waals surface area contributed by atoms with Crippen LogP contribution in [0.25, 0.3) is 11.1 Å². The van der Waals surface area contributed by atoms with E-state index in [4.69, 9.17) is 15.2 Å². The van der Waals surface area contributed by atoms with Crippen LogP contribution in [0.5, 0.6) is 11.5 Å². The maximum absolute atomic E-state index is 5.98. The molecular formula is C12H14BrN3O2. The first-order chi connectivity index (χ1) is 8.60. The Morgan fingerprint density at radius 1 is 1.17 bits per heavy atom. The van der Waals surface area contributed by atoms with E-state index < -0.39 is 0 Å². The normalized spacial score (nSPS) is 10.4.